The molecule has 0 bridgehead atoms. The number of ether oxygens (including phenoxy) is 4. The molecule has 0 aromatic carbocycles. The lowest BCUT2D eigenvalue weighted by Crippen LogP contribution is -2.30. The standard InChI is InChI=1S/C74H144O17P2/c1-8-11-12-13-14-15-16-17-18-19-20-25-28-34-43-50-57-73(78)90-69(61-84-71(76)55-48-41-33-27-24-22-21-23-26-31-38-45-52-65(4)5)63-88-92(80,81)86-59-68(75)60-87-93(82,83)89-64-70(62-85-72(77)56-49-42-37-36-40-47-54-67(7)10-3)91-74(79)58-51-44-35-30-29-32-39-46-53-66(6)9-2/h65-70,75H,8-64H2,1-7H3,(H,80,81)(H,82,83)/t66?,67?,68-,69-,70-/m1/s1. The van der Waals surface area contributed by atoms with E-state index in [-0.39, 0.29) is 25.7 Å². The summed E-state index contributed by atoms with van der Waals surface area (Å²) < 4.78 is 68.5. The van der Waals surface area contributed by atoms with Gasteiger partial charge in [-0.05, 0) is 43.4 Å². The van der Waals surface area contributed by atoms with Crippen molar-refractivity contribution in [1.29, 1.82) is 0 Å². The molecule has 0 aromatic rings. The zero-order valence-electron chi connectivity index (χ0n) is 60.7. The first kappa shape index (κ1) is 91.1. The highest BCUT2D eigenvalue weighted by Crippen LogP contribution is 2.45. The number of phosphoric ester groups is 2. The summed E-state index contributed by atoms with van der Waals surface area (Å²) >= 11 is 0. The number of aliphatic hydroxyl groups excluding tert-OH is 1. The predicted octanol–water partition coefficient (Wildman–Crippen LogP) is 21.4. The van der Waals surface area contributed by atoms with E-state index in [1.807, 2.05) is 0 Å². The third-order valence-corrected chi connectivity index (χ3v) is 19.8. The summed E-state index contributed by atoms with van der Waals surface area (Å²) in [5, 5.41) is 10.6. The maximum absolute atomic E-state index is 13.1. The van der Waals surface area contributed by atoms with Gasteiger partial charge in [-0.15, -0.1) is 0 Å². The summed E-state index contributed by atoms with van der Waals surface area (Å²) in [5.74, 6) is 0.160. The Bertz CT molecular complexity index is 1820. The van der Waals surface area contributed by atoms with E-state index in [0.29, 0.717) is 25.7 Å². The quantitative estimate of drug-likeness (QED) is 0.0222. The number of aliphatic hydroxyl groups is 1. The van der Waals surface area contributed by atoms with Crippen molar-refractivity contribution in [1.82, 2.24) is 0 Å². The third kappa shape index (κ3) is 65.8. The fourth-order valence-electron chi connectivity index (χ4n) is 11.2. The Morgan fingerprint density at radius 2 is 0.548 bits per heavy atom. The molecule has 0 saturated carbocycles. The van der Waals surface area contributed by atoms with Crippen LogP contribution in [0.2, 0.25) is 0 Å². The van der Waals surface area contributed by atoms with E-state index in [0.717, 1.165) is 114 Å². The van der Waals surface area contributed by atoms with Crippen LogP contribution < -0.4 is 0 Å². The largest absolute Gasteiger partial charge is 0.472 e. The predicted molar refractivity (Wildman–Crippen MR) is 377 cm³/mol. The minimum Gasteiger partial charge on any atom is -0.462 e. The van der Waals surface area contributed by atoms with Crippen molar-refractivity contribution in [2.75, 3.05) is 39.6 Å². The third-order valence-electron chi connectivity index (χ3n) is 17.9. The number of rotatable bonds is 72. The lowest BCUT2D eigenvalue weighted by molar-refractivity contribution is -0.161. The molecule has 7 atom stereocenters. The first-order chi connectivity index (χ1) is 44.8. The van der Waals surface area contributed by atoms with Gasteiger partial charge in [0.15, 0.2) is 12.2 Å². The molecule has 0 spiro atoms. The van der Waals surface area contributed by atoms with Crippen LogP contribution in [0.5, 0.6) is 0 Å². The second-order valence-electron chi connectivity index (χ2n) is 27.6. The van der Waals surface area contributed by atoms with Crippen LogP contribution in [0.3, 0.4) is 0 Å². The maximum atomic E-state index is 13.1. The van der Waals surface area contributed by atoms with Gasteiger partial charge in [0, 0.05) is 25.7 Å². The number of carbonyl (C=O) groups excluding carboxylic acids is 4. The highest BCUT2D eigenvalue weighted by Gasteiger charge is 2.30. The molecule has 0 aliphatic heterocycles. The fraction of sp³-hybridized carbons (Fsp3) is 0.946. The second kappa shape index (κ2) is 64.7. The van der Waals surface area contributed by atoms with E-state index >= 15 is 0 Å². The summed E-state index contributed by atoms with van der Waals surface area (Å²) in [4.78, 5) is 72.7. The van der Waals surface area contributed by atoms with Gasteiger partial charge in [0.1, 0.15) is 19.3 Å². The molecule has 0 heterocycles. The number of hydrogen-bond donors (Lipinski definition) is 3. The van der Waals surface area contributed by atoms with Crippen LogP contribution in [0.15, 0.2) is 0 Å². The molecular weight excluding hydrogens is 1220 g/mol. The van der Waals surface area contributed by atoms with Crippen LogP contribution in [-0.2, 0) is 65.4 Å². The van der Waals surface area contributed by atoms with Crippen LogP contribution >= 0.6 is 15.6 Å². The van der Waals surface area contributed by atoms with Crippen molar-refractivity contribution in [2.24, 2.45) is 17.8 Å². The van der Waals surface area contributed by atoms with Crippen LogP contribution in [-0.4, -0.2) is 96.7 Å². The zero-order chi connectivity index (χ0) is 68.7. The Balaban J connectivity index is 5.26. The smallest absolute Gasteiger partial charge is 0.462 e. The van der Waals surface area contributed by atoms with Crippen LogP contribution in [0.1, 0.15) is 376 Å². The maximum Gasteiger partial charge on any atom is 0.472 e. The lowest BCUT2D eigenvalue weighted by atomic mass is 9.99. The van der Waals surface area contributed by atoms with Crippen molar-refractivity contribution in [2.45, 2.75) is 394 Å². The van der Waals surface area contributed by atoms with E-state index < -0.39 is 97.5 Å². The number of carbonyl (C=O) groups is 4. The average molecular weight is 1370 g/mol. The van der Waals surface area contributed by atoms with Gasteiger partial charge in [-0.25, -0.2) is 9.13 Å². The molecule has 0 radical (unpaired) electrons. The number of esters is 4. The molecule has 0 aliphatic rings. The normalized spacial score (nSPS) is 14.7. The van der Waals surface area contributed by atoms with Crippen LogP contribution in [0, 0.1) is 17.8 Å². The molecule has 0 aromatic heterocycles. The van der Waals surface area contributed by atoms with Gasteiger partial charge < -0.3 is 33.8 Å². The molecule has 552 valence electrons. The topological polar surface area (TPSA) is 237 Å². The van der Waals surface area contributed by atoms with E-state index in [4.69, 9.17) is 37.0 Å². The minimum atomic E-state index is -4.96. The molecule has 19 heteroatoms. The molecule has 0 fully saturated rings. The van der Waals surface area contributed by atoms with Crippen molar-refractivity contribution >= 4 is 39.5 Å². The molecule has 93 heavy (non-hydrogen) atoms. The SMILES string of the molecule is CCCCCCCCCCCCCCCCCCC(=O)O[C@H](COC(=O)CCCCCCCCCCCCCCC(C)C)COP(=O)(O)OC[C@@H](O)COP(=O)(O)OC[C@@H](COC(=O)CCCCCCCCC(C)CC)OC(=O)CCCCCCCCCCC(C)CC. The van der Waals surface area contributed by atoms with Crippen LogP contribution in [0.4, 0.5) is 0 Å². The second-order valence-corrected chi connectivity index (χ2v) is 30.6. The molecule has 0 amide bonds. The van der Waals surface area contributed by atoms with Gasteiger partial charge in [0.05, 0.1) is 26.4 Å². The highest BCUT2D eigenvalue weighted by atomic mass is 31.2. The molecule has 0 saturated heterocycles. The molecule has 3 N–H and O–H groups in total. The summed E-state index contributed by atoms with van der Waals surface area (Å²) in [6.45, 7) is 11.9. The summed E-state index contributed by atoms with van der Waals surface area (Å²) in [7, 11) is -9.91. The van der Waals surface area contributed by atoms with E-state index in [1.165, 1.54) is 180 Å². The summed E-state index contributed by atoms with van der Waals surface area (Å²) in [6.07, 6.45) is 49.9. The van der Waals surface area contributed by atoms with Crippen LogP contribution in [0.25, 0.3) is 0 Å². The zero-order valence-corrected chi connectivity index (χ0v) is 62.5. The minimum absolute atomic E-state index is 0.104. The van der Waals surface area contributed by atoms with Gasteiger partial charge in [0.2, 0.25) is 0 Å². The monoisotopic (exact) mass is 1370 g/mol. The first-order valence-electron chi connectivity index (χ1n) is 38.4. The number of hydrogen-bond acceptors (Lipinski definition) is 15. The van der Waals surface area contributed by atoms with Gasteiger partial charge in [-0.3, -0.25) is 37.3 Å². The van der Waals surface area contributed by atoms with Crippen molar-refractivity contribution < 1.29 is 80.2 Å². The number of unbranched alkanes of at least 4 members (excludes halogenated alkanes) is 38. The van der Waals surface area contributed by atoms with Crippen molar-refractivity contribution in [3.05, 3.63) is 0 Å². The Hall–Kier alpha value is -1.94. The molecule has 4 unspecified atom stereocenters. The molecule has 17 nitrogen and oxygen atoms in total. The van der Waals surface area contributed by atoms with Gasteiger partial charge in [-0.2, -0.15) is 0 Å². The fourth-order valence-corrected chi connectivity index (χ4v) is 12.8. The molecule has 0 aliphatic carbocycles. The molecular formula is C74H144O17P2. The van der Waals surface area contributed by atoms with Crippen molar-refractivity contribution in [3.63, 3.8) is 0 Å². The van der Waals surface area contributed by atoms with Gasteiger partial charge in [-0.1, -0.05) is 325 Å². The van der Waals surface area contributed by atoms with E-state index in [9.17, 15) is 43.2 Å². The van der Waals surface area contributed by atoms with Gasteiger partial charge in [0.25, 0.3) is 0 Å². The number of phosphoric acid groups is 2. The van der Waals surface area contributed by atoms with E-state index in [1.54, 1.807) is 0 Å². The Labute approximate surface area is 568 Å². The first-order valence-corrected chi connectivity index (χ1v) is 41.4. The van der Waals surface area contributed by atoms with Crippen molar-refractivity contribution in [3.8, 4) is 0 Å². The average Bonchev–Trinajstić information content (AvgIpc) is 2.63. The van der Waals surface area contributed by atoms with Gasteiger partial charge >= 0.3 is 39.5 Å². The Morgan fingerprint density at radius 1 is 0.312 bits per heavy atom. The lowest BCUT2D eigenvalue weighted by Gasteiger charge is -2.21. The summed E-state index contributed by atoms with van der Waals surface area (Å²) in [5.41, 5.74) is 0. The Morgan fingerprint density at radius 3 is 0.817 bits per heavy atom. The highest BCUT2D eigenvalue weighted by molar-refractivity contribution is 7.47. The Kier molecular flexibility index (Phi) is 63.4. The summed E-state index contributed by atoms with van der Waals surface area (Å²) in [6, 6.07) is 0. The van der Waals surface area contributed by atoms with E-state index in [2.05, 4.69) is 48.5 Å². The molecule has 0 rings (SSSR count).